The molecule has 8 heteroatoms. The molecule has 0 fully saturated rings. The fourth-order valence-corrected chi connectivity index (χ4v) is 5.10. The first kappa shape index (κ1) is 19.8. The maximum absolute atomic E-state index is 6.18. The number of hydrogen-bond donors (Lipinski definition) is 2. The molecule has 2 unspecified atom stereocenters. The Balaban J connectivity index is 1.03. The lowest BCUT2D eigenvalue weighted by Gasteiger charge is -2.30. The molecule has 174 valence electrons. The molecule has 34 heavy (non-hydrogen) atoms. The standard InChI is InChI=1S/C26H24N2O6/c1-3-21-25(33-15-31-21)5-17(1)9-27-11-19-7-24-20(8-23(19)29-13-27)12-28(14-30-24)10-18-2-4-22-26(6-18)34-16-32-22/h1-8H,9-16H2/p+2. The Hall–Kier alpha value is -3.62. The molecule has 0 aliphatic carbocycles. The van der Waals surface area contributed by atoms with Gasteiger partial charge in [-0.3, -0.25) is 9.80 Å². The number of fused-ring (bicyclic) bond motifs is 4. The Morgan fingerprint density at radius 1 is 0.500 bits per heavy atom. The smallest absolute Gasteiger partial charge is 0.231 e. The predicted octanol–water partition coefficient (Wildman–Crippen LogP) is 1.01. The summed E-state index contributed by atoms with van der Waals surface area (Å²) in [4.78, 5) is 2.69. The van der Waals surface area contributed by atoms with Gasteiger partial charge in [-0.1, -0.05) is 0 Å². The summed E-state index contributed by atoms with van der Waals surface area (Å²) >= 11 is 0. The summed E-state index contributed by atoms with van der Waals surface area (Å²) in [7, 11) is 0. The third-order valence-electron chi connectivity index (χ3n) is 6.77. The van der Waals surface area contributed by atoms with E-state index < -0.39 is 0 Å². The van der Waals surface area contributed by atoms with Crippen LogP contribution >= 0.6 is 0 Å². The van der Waals surface area contributed by atoms with Crippen LogP contribution in [0.1, 0.15) is 22.3 Å². The minimum atomic E-state index is 0.298. The van der Waals surface area contributed by atoms with Crippen LogP contribution in [0.15, 0.2) is 48.5 Å². The SMILES string of the molecule is c1cc2c(cc1C[NH+]1COc3cc4c(cc3C1)OC[NH+](Cc1ccc3c(c1)OCO3)C4)OCO2. The van der Waals surface area contributed by atoms with Crippen molar-refractivity contribution >= 4 is 0 Å². The monoisotopic (exact) mass is 462 g/mol. The Bertz CT molecular complexity index is 1170. The van der Waals surface area contributed by atoms with Crippen LogP contribution < -0.4 is 38.2 Å². The highest BCUT2D eigenvalue weighted by Gasteiger charge is 2.28. The van der Waals surface area contributed by atoms with Crippen molar-refractivity contribution in [3.63, 3.8) is 0 Å². The molecule has 7 rings (SSSR count). The maximum atomic E-state index is 6.18. The average molecular weight is 463 g/mol. The summed E-state index contributed by atoms with van der Waals surface area (Å²) < 4.78 is 34.2. The third kappa shape index (κ3) is 3.65. The van der Waals surface area contributed by atoms with Crippen LogP contribution in [0, 0.1) is 0 Å². The van der Waals surface area contributed by atoms with E-state index in [4.69, 9.17) is 28.4 Å². The molecule has 4 aliphatic rings. The number of rotatable bonds is 4. The second kappa shape index (κ2) is 8.00. The molecule has 4 heterocycles. The van der Waals surface area contributed by atoms with E-state index in [9.17, 15) is 0 Å². The van der Waals surface area contributed by atoms with E-state index in [2.05, 4.69) is 36.4 Å². The Morgan fingerprint density at radius 2 is 0.971 bits per heavy atom. The molecule has 0 radical (unpaired) electrons. The van der Waals surface area contributed by atoms with Gasteiger partial charge >= 0.3 is 0 Å². The zero-order valence-electron chi connectivity index (χ0n) is 18.7. The van der Waals surface area contributed by atoms with Crippen molar-refractivity contribution in [2.45, 2.75) is 26.2 Å². The first-order valence-electron chi connectivity index (χ1n) is 11.6. The molecule has 0 spiro atoms. The minimum Gasteiger partial charge on any atom is -0.454 e. The lowest BCUT2D eigenvalue weighted by molar-refractivity contribution is -0.946. The quantitative estimate of drug-likeness (QED) is 0.604. The largest absolute Gasteiger partial charge is 0.454 e. The van der Waals surface area contributed by atoms with Crippen molar-refractivity contribution in [2.24, 2.45) is 0 Å². The predicted molar refractivity (Wildman–Crippen MR) is 119 cm³/mol. The zero-order chi connectivity index (χ0) is 22.5. The van der Waals surface area contributed by atoms with Crippen molar-refractivity contribution in [1.29, 1.82) is 0 Å². The molecular formula is C26H26N2O6+2. The summed E-state index contributed by atoms with van der Waals surface area (Å²) in [5.41, 5.74) is 4.81. The van der Waals surface area contributed by atoms with E-state index >= 15 is 0 Å². The van der Waals surface area contributed by atoms with E-state index in [-0.39, 0.29) is 0 Å². The van der Waals surface area contributed by atoms with Crippen molar-refractivity contribution in [3.05, 3.63) is 70.8 Å². The van der Waals surface area contributed by atoms with Crippen LogP contribution in [-0.4, -0.2) is 27.0 Å². The molecule has 0 saturated heterocycles. The fraction of sp³-hybridized carbons (Fsp3) is 0.308. The van der Waals surface area contributed by atoms with E-state index in [1.807, 2.05) is 12.1 Å². The normalized spacial score (nSPS) is 21.3. The van der Waals surface area contributed by atoms with Crippen molar-refractivity contribution < 1.29 is 38.2 Å². The van der Waals surface area contributed by atoms with Gasteiger partial charge < -0.3 is 28.4 Å². The topological polar surface area (TPSA) is 64.3 Å². The van der Waals surface area contributed by atoms with Gasteiger partial charge in [-0.2, -0.15) is 0 Å². The van der Waals surface area contributed by atoms with Crippen LogP contribution in [0.25, 0.3) is 0 Å². The zero-order valence-corrected chi connectivity index (χ0v) is 18.7. The first-order chi connectivity index (χ1) is 16.8. The molecule has 0 bridgehead atoms. The summed E-state index contributed by atoms with van der Waals surface area (Å²) in [6.07, 6.45) is 0. The van der Waals surface area contributed by atoms with Crippen LogP contribution in [0.5, 0.6) is 34.5 Å². The summed E-state index contributed by atoms with van der Waals surface area (Å²) in [6, 6.07) is 16.6. The van der Waals surface area contributed by atoms with Crippen LogP contribution in [-0.2, 0) is 26.2 Å². The van der Waals surface area contributed by atoms with Gasteiger partial charge in [0.05, 0.1) is 11.1 Å². The highest BCUT2D eigenvalue weighted by molar-refractivity contribution is 5.47. The molecule has 8 nitrogen and oxygen atoms in total. The Labute approximate surface area is 197 Å². The van der Waals surface area contributed by atoms with Gasteiger partial charge in [0.15, 0.2) is 23.0 Å². The second-order valence-electron chi connectivity index (χ2n) is 9.23. The molecule has 2 N–H and O–H groups in total. The van der Waals surface area contributed by atoms with Gasteiger partial charge in [0.2, 0.25) is 27.0 Å². The van der Waals surface area contributed by atoms with Crippen molar-refractivity contribution in [2.75, 3.05) is 27.0 Å². The van der Waals surface area contributed by atoms with Crippen molar-refractivity contribution in [3.8, 4) is 34.5 Å². The third-order valence-corrected chi connectivity index (χ3v) is 6.77. The summed E-state index contributed by atoms with van der Waals surface area (Å²) in [5, 5.41) is 0. The number of benzene rings is 3. The Morgan fingerprint density at radius 3 is 1.47 bits per heavy atom. The van der Waals surface area contributed by atoms with E-state index in [1.165, 1.54) is 32.1 Å². The highest BCUT2D eigenvalue weighted by atomic mass is 16.7. The lowest BCUT2D eigenvalue weighted by atomic mass is 10.0. The molecule has 3 aromatic carbocycles. The van der Waals surface area contributed by atoms with E-state index in [0.29, 0.717) is 27.0 Å². The van der Waals surface area contributed by atoms with Crippen LogP contribution in [0.2, 0.25) is 0 Å². The van der Waals surface area contributed by atoms with E-state index in [1.54, 1.807) is 0 Å². The van der Waals surface area contributed by atoms with Gasteiger partial charge in [0.25, 0.3) is 0 Å². The van der Waals surface area contributed by atoms with Gasteiger partial charge in [0.1, 0.15) is 37.7 Å². The second-order valence-corrected chi connectivity index (χ2v) is 9.23. The van der Waals surface area contributed by atoms with Crippen LogP contribution in [0.4, 0.5) is 0 Å². The number of nitrogens with one attached hydrogen (secondary N) is 2. The van der Waals surface area contributed by atoms with Gasteiger partial charge in [-0.25, -0.2) is 0 Å². The molecule has 0 aromatic heterocycles. The summed E-state index contributed by atoms with van der Waals surface area (Å²) in [6.45, 7) is 5.38. The molecule has 2 atom stereocenters. The number of ether oxygens (including phenoxy) is 6. The van der Waals surface area contributed by atoms with Gasteiger partial charge in [-0.05, 0) is 48.5 Å². The van der Waals surface area contributed by atoms with Gasteiger partial charge in [0, 0.05) is 11.1 Å². The lowest BCUT2D eigenvalue weighted by Crippen LogP contribution is -3.11. The first-order valence-corrected chi connectivity index (χ1v) is 11.6. The maximum Gasteiger partial charge on any atom is 0.231 e. The average Bonchev–Trinajstić information content (AvgIpc) is 3.51. The summed E-state index contributed by atoms with van der Waals surface area (Å²) in [5.74, 6) is 5.23. The van der Waals surface area contributed by atoms with Gasteiger partial charge in [-0.15, -0.1) is 0 Å². The molecular weight excluding hydrogens is 436 g/mol. The van der Waals surface area contributed by atoms with Crippen LogP contribution in [0.3, 0.4) is 0 Å². The highest BCUT2D eigenvalue weighted by Crippen LogP contribution is 2.34. The van der Waals surface area contributed by atoms with Crippen molar-refractivity contribution in [1.82, 2.24) is 0 Å². The number of quaternary nitrogens is 2. The Kier molecular flexibility index (Phi) is 4.66. The minimum absolute atomic E-state index is 0.298. The molecule has 0 amide bonds. The molecule has 3 aromatic rings. The molecule has 0 saturated carbocycles. The molecule has 4 aliphatic heterocycles. The van der Waals surface area contributed by atoms with E-state index in [0.717, 1.165) is 60.7 Å². The number of hydrogen-bond acceptors (Lipinski definition) is 6. The fourth-order valence-electron chi connectivity index (χ4n) is 5.10.